The van der Waals surface area contributed by atoms with Crippen LogP contribution in [0, 0.1) is 10.1 Å². The standard InChI is InChI=1S/C17H19N3O5/c1-2-11-6-3-4-9-18(11)14(21)10-19-16(22)12-7-5-8-13(20(24)25)15(12)17(19)23/h5,7-8,11H,2-4,6,9-10H2,1H3/t11-/m1/s1. The highest BCUT2D eigenvalue weighted by Crippen LogP contribution is 2.31. The van der Waals surface area contributed by atoms with Crippen LogP contribution >= 0.6 is 0 Å². The Labute approximate surface area is 144 Å². The molecule has 2 aliphatic heterocycles. The Hall–Kier alpha value is -2.77. The van der Waals surface area contributed by atoms with Gasteiger partial charge in [0.2, 0.25) is 5.91 Å². The lowest BCUT2D eigenvalue weighted by atomic mass is 10.00. The number of carbonyl (C=O) groups is 3. The van der Waals surface area contributed by atoms with Crippen molar-refractivity contribution >= 4 is 23.4 Å². The summed E-state index contributed by atoms with van der Waals surface area (Å²) in [4.78, 5) is 50.6. The predicted molar refractivity (Wildman–Crippen MR) is 88.1 cm³/mol. The summed E-state index contributed by atoms with van der Waals surface area (Å²) in [5, 5.41) is 11.1. The number of likely N-dealkylation sites (tertiary alicyclic amines) is 1. The van der Waals surface area contributed by atoms with E-state index in [0.29, 0.717) is 6.54 Å². The molecule has 132 valence electrons. The van der Waals surface area contributed by atoms with Gasteiger partial charge in [-0.15, -0.1) is 0 Å². The number of nitro benzene ring substituents is 1. The van der Waals surface area contributed by atoms with Gasteiger partial charge in [0.05, 0.1) is 10.5 Å². The van der Waals surface area contributed by atoms with Crippen LogP contribution in [-0.2, 0) is 4.79 Å². The molecule has 1 fully saturated rings. The van der Waals surface area contributed by atoms with E-state index in [1.807, 2.05) is 6.92 Å². The molecule has 0 unspecified atom stereocenters. The van der Waals surface area contributed by atoms with Gasteiger partial charge in [0.25, 0.3) is 17.5 Å². The van der Waals surface area contributed by atoms with Crippen molar-refractivity contribution in [1.82, 2.24) is 9.80 Å². The van der Waals surface area contributed by atoms with Gasteiger partial charge in [0.15, 0.2) is 0 Å². The predicted octanol–water partition coefficient (Wildman–Crippen LogP) is 1.98. The molecule has 8 heteroatoms. The summed E-state index contributed by atoms with van der Waals surface area (Å²) < 4.78 is 0. The molecule has 0 bridgehead atoms. The van der Waals surface area contributed by atoms with Crippen molar-refractivity contribution in [2.75, 3.05) is 13.1 Å². The largest absolute Gasteiger partial charge is 0.338 e. The summed E-state index contributed by atoms with van der Waals surface area (Å²) in [5.74, 6) is -1.71. The van der Waals surface area contributed by atoms with Crippen LogP contribution in [-0.4, -0.2) is 51.6 Å². The van der Waals surface area contributed by atoms with Crippen molar-refractivity contribution in [2.24, 2.45) is 0 Å². The first kappa shape index (κ1) is 17.1. The third-order valence-electron chi connectivity index (χ3n) is 4.89. The average molecular weight is 345 g/mol. The Balaban J connectivity index is 1.84. The molecule has 3 rings (SSSR count). The molecule has 2 heterocycles. The third-order valence-corrected chi connectivity index (χ3v) is 4.89. The number of nitro groups is 1. The van der Waals surface area contributed by atoms with Crippen molar-refractivity contribution in [2.45, 2.75) is 38.6 Å². The van der Waals surface area contributed by atoms with E-state index in [9.17, 15) is 24.5 Å². The van der Waals surface area contributed by atoms with E-state index < -0.39 is 22.4 Å². The van der Waals surface area contributed by atoms with E-state index >= 15 is 0 Å². The summed E-state index contributed by atoms with van der Waals surface area (Å²) >= 11 is 0. The Morgan fingerprint density at radius 1 is 1.28 bits per heavy atom. The van der Waals surface area contributed by atoms with Gasteiger partial charge >= 0.3 is 0 Å². The molecule has 0 saturated carbocycles. The van der Waals surface area contributed by atoms with Crippen LogP contribution in [0.2, 0.25) is 0 Å². The maximum atomic E-state index is 12.6. The summed E-state index contributed by atoms with van der Waals surface area (Å²) in [6, 6.07) is 4.05. The lowest BCUT2D eigenvalue weighted by Gasteiger charge is -2.36. The highest BCUT2D eigenvalue weighted by Gasteiger charge is 2.42. The minimum absolute atomic E-state index is 0.0160. The van der Waals surface area contributed by atoms with Crippen LogP contribution in [0.25, 0.3) is 0 Å². The van der Waals surface area contributed by atoms with Gasteiger partial charge in [0, 0.05) is 18.7 Å². The normalized spacial score (nSPS) is 20.0. The lowest BCUT2D eigenvalue weighted by molar-refractivity contribution is -0.385. The number of nitrogens with zero attached hydrogens (tertiary/aromatic N) is 3. The Morgan fingerprint density at radius 2 is 2.04 bits per heavy atom. The molecule has 1 aromatic rings. The van der Waals surface area contributed by atoms with E-state index in [1.54, 1.807) is 4.90 Å². The molecule has 3 amide bonds. The van der Waals surface area contributed by atoms with Gasteiger partial charge in [-0.2, -0.15) is 0 Å². The fourth-order valence-electron chi connectivity index (χ4n) is 3.59. The first-order valence-corrected chi connectivity index (χ1v) is 8.38. The highest BCUT2D eigenvalue weighted by atomic mass is 16.6. The van der Waals surface area contributed by atoms with E-state index in [1.165, 1.54) is 18.2 Å². The molecular weight excluding hydrogens is 326 g/mol. The molecule has 8 nitrogen and oxygen atoms in total. The fourth-order valence-corrected chi connectivity index (χ4v) is 3.59. The van der Waals surface area contributed by atoms with Crippen molar-refractivity contribution in [3.63, 3.8) is 0 Å². The van der Waals surface area contributed by atoms with Crippen LogP contribution in [0.4, 0.5) is 5.69 Å². The van der Waals surface area contributed by atoms with Gasteiger partial charge < -0.3 is 4.90 Å². The average Bonchev–Trinajstić information content (AvgIpc) is 2.86. The smallest absolute Gasteiger partial charge is 0.282 e. The van der Waals surface area contributed by atoms with E-state index in [2.05, 4.69) is 0 Å². The van der Waals surface area contributed by atoms with Crippen LogP contribution in [0.1, 0.15) is 53.3 Å². The van der Waals surface area contributed by atoms with E-state index in [-0.39, 0.29) is 29.6 Å². The van der Waals surface area contributed by atoms with Gasteiger partial charge in [-0.25, -0.2) is 0 Å². The first-order chi connectivity index (χ1) is 12.0. The van der Waals surface area contributed by atoms with Gasteiger partial charge in [-0.1, -0.05) is 13.0 Å². The summed E-state index contributed by atoms with van der Waals surface area (Å²) in [7, 11) is 0. The molecule has 2 aliphatic rings. The number of rotatable bonds is 4. The second kappa shape index (κ2) is 6.62. The number of fused-ring (bicyclic) bond motifs is 1. The highest BCUT2D eigenvalue weighted by molar-refractivity contribution is 6.24. The Morgan fingerprint density at radius 3 is 2.72 bits per heavy atom. The summed E-state index contributed by atoms with van der Waals surface area (Å²) in [5.41, 5.74) is -0.649. The molecule has 1 atom stereocenters. The Bertz CT molecular complexity index is 761. The van der Waals surface area contributed by atoms with Crippen LogP contribution in [0.15, 0.2) is 18.2 Å². The number of amides is 3. The van der Waals surface area contributed by atoms with Crippen LogP contribution < -0.4 is 0 Å². The zero-order valence-corrected chi connectivity index (χ0v) is 13.9. The topological polar surface area (TPSA) is 101 Å². The molecule has 0 N–H and O–H groups in total. The quantitative estimate of drug-likeness (QED) is 0.472. The van der Waals surface area contributed by atoms with Gasteiger partial charge in [-0.3, -0.25) is 29.4 Å². The molecule has 0 spiro atoms. The monoisotopic (exact) mass is 345 g/mol. The lowest BCUT2D eigenvalue weighted by Crippen LogP contribution is -2.48. The SMILES string of the molecule is CC[C@@H]1CCCCN1C(=O)CN1C(=O)c2cccc([N+](=O)[O-])c2C1=O. The third kappa shape index (κ3) is 2.88. The molecular formula is C17H19N3O5. The minimum atomic E-state index is -0.772. The Kier molecular flexibility index (Phi) is 4.52. The van der Waals surface area contributed by atoms with Crippen molar-refractivity contribution < 1.29 is 19.3 Å². The van der Waals surface area contributed by atoms with Gasteiger partial charge in [-0.05, 0) is 31.7 Å². The second-order valence-corrected chi connectivity index (χ2v) is 6.30. The van der Waals surface area contributed by atoms with Crippen molar-refractivity contribution in [1.29, 1.82) is 0 Å². The second-order valence-electron chi connectivity index (χ2n) is 6.30. The zero-order chi connectivity index (χ0) is 18.1. The van der Waals surface area contributed by atoms with E-state index in [0.717, 1.165) is 30.6 Å². The molecule has 1 saturated heterocycles. The minimum Gasteiger partial charge on any atom is -0.338 e. The number of imide groups is 1. The van der Waals surface area contributed by atoms with Crippen LogP contribution in [0.3, 0.4) is 0 Å². The number of hydrogen-bond donors (Lipinski definition) is 0. The van der Waals surface area contributed by atoms with Crippen molar-refractivity contribution in [3.8, 4) is 0 Å². The van der Waals surface area contributed by atoms with Gasteiger partial charge in [0.1, 0.15) is 12.1 Å². The molecule has 0 aliphatic carbocycles. The van der Waals surface area contributed by atoms with Crippen molar-refractivity contribution in [3.05, 3.63) is 39.4 Å². The first-order valence-electron chi connectivity index (χ1n) is 8.38. The number of carbonyl (C=O) groups excluding carboxylic acids is 3. The zero-order valence-electron chi connectivity index (χ0n) is 13.9. The number of hydrogen-bond acceptors (Lipinski definition) is 5. The molecule has 0 aromatic heterocycles. The number of benzene rings is 1. The number of piperidine rings is 1. The van der Waals surface area contributed by atoms with E-state index in [4.69, 9.17) is 0 Å². The summed E-state index contributed by atoms with van der Waals surface area (Å²) in [6.07, 6.45) is 3.69. The maximum Gasteiger partial charge on any atom is 0.282 e. The maximum absolute atomic E-state index is 12.6. The molecule has 1 aromatic carbocycles. The van der Waals surface area contributed by atoms with Crippen LogP contribution in [0.5, 0.6) is 0 Å². The molecule has 25 heavy (non-hydrogen) atoms. The fraction of sp³-hybridized carbons (Fsp3) is 0.471. The molecule has 0 radical (unpaired) electrons. The summed E-state index contributed by atoms with van der Waals surface area (Å²) in [6.45, 7) is 2.24.